The highest BCUT2D eigenvalue weighted by Gasteiger charge is 2.62. The maximum absolute atomic E-state index is 13.3. The molecule has 2 saturated carbocycles. The summed E-state index contributed by atoms with van der Waals surface area (Å²) in [6.45, 7) is 0. The molecule has 0 unspecified atom stereocenters. The van der Waals surface area contributed by atoms with Crippen LogP contribution in [0.15, 0.2) is 54.6 Å². The van der Waals surface area contributed by atoms with Crippen molar-refractivity contribution in [1.29, 1.82) is 0 Å². The Labute approximate surface area is 174 Å². The van der Waals surface area contributed by atoms with E-state index in [9.17, 15) is 18.8 Å². The zero-order valence-corrected chi connectivity index (χ0v) is 16.5. The number of anilines is 1. The first kappa shape index (κ1) is 19.0. The number of carbonyl (C=O) groups excluding carboxylic acids is 3. The van der Waals surface area contributed by atoms with Gasteiger partial charge < -0.3 is 5.32 Å². The van der Waals surface area contributed by atoms with E-state index in [1.54, 1.807) is 0 Å². The fourth-order valence-corrected chi connectivity index (χ4v) is 5.64. The van der Waals surface area contributed by atoms with Crippen LogP contribution in [0, 0.1) is 29.5 Å². The van der Waals surface area contributed by atoms with E-state index in [4.69, 9.17) is 0 Å². The number of hydrogen-bond acceptors (Lipinski definition) is 3. The van der Waals surface area contributed by atoms with Crippen LogP contribution in [-0.4, -0.2) is 28.7 Å². The molecule has 5 rings (SSSR count). The molecule has 2 aromatic rings. The summed E-state index contributed by atoms with van der Waals surface area (Å²) in [6, 6.07) is 13.9. The molecule has 0 spiro atoms. The summed E-state index contributed by atoms with van der Waals surface area (Å²) in [5.74, 6) is -1.25. The first-order valence-corrected chi connectivity index (χ1v) is 10.5. The standard InChI is InChI=1S/C24H23FN2O3/c25-17-8-10-18(11-9-17)26-22(28)19(12-14-4-2-1-3-5-14)27-23(29)20-15-6-7-16(13-15)21(20)24(27)30/h1-5,8-11,15-16,19-21H,6-7,12-13H2,(H,26,28)/t15-,16-,19-,20-,21+/m1/s1. The molecule has 2 aliphatic carbocycles. The third kappa shape index (κ3) is 3.11. The number of likely N-dealkylation sites (tertiary alicyclic amines) is 1. The minimum atomic E-state index is -0.928. The van der Waals surface area contributed by atoms with Gasteiger partial charge >= 0.3 is 0 Å². The van der Waals surface area contributed by atoms with Crippen molar-refractivity contribution in [1.82, 2.24) is 4.90 Å². The number of benzene rings is 2. The molecule has 1 saturated heterocycles. The Hall–Kier alpha value is -3.02. The van der Waals surface area contributed by atoms with E-state index >= 15 is 0 Å². The summed E-state index contributed by atoms with van der Waals surface area (Å²) in [6.07, 6.45) is 3.18. The van der Waals surface area contributed by atoms with Crippen molar-refractivity contribution in [3.05, 3.63) is 66.0 Å². The predicted molar refractivity (Wildman–Crippen MR) is 109 cm³/mol. The molecule has 5 atom stereocenters. The Bertz CT molecular complexity index is 963. The fraction of sp³-hybridized carbons (Fsp3) is 0.375. The number of nitrogens with one attached hydrogen (secondary N) is 1. The Balaban J connectivity index is 1.45. The van der Waals surface area contributed by atoms with Crippen molar-refractivity contribution < 1.29 is 18.8 Å². The van der Waals surface area contributed by atoms with Crippen LogP contribution in [-0.2, 0) is 20.8 Å². The molecule has 6 heteroatoms. The number of nitrogens with zero attached hydrogens (tertiary/aromatic N) is 1. The molecule has 1 aliphatic heterocycles. The van der Waals surface area contributed by atoms with Gasteiger partial charge in [0.25, 0.3) is 0 Å². The smallest absolute Gasteiger partial charge is 0.248 e. The topological polar surface area (TPSA) is 66.5 Å². The maximum Gasteiger partial charge on any atom is 0.248 e. The average Bonchev–Trinajstić information content (AvgIpc) is 3.43. The lowest BCUT2D eigenvalue weighted by Gasteiger charge is -2.27. The third-order valence-corrected chi connectivity index (χ3v) is 6.96. The zero-order valence-electron chi connectivity index (χ0n) is 16.5. The Kier molecular flexibility index (Phi) is 4.65. The van der Waals surface area contributed by atoms with Crippen LogP contribution in [0.2, 0.25) is 0 Å². The molecule has 5 nitrogen and oxygen atoms in total. The fourth-order valence-electron chi connectivity index (χ4n) is 5.64. The second-order valence-corrected chi connectivity index (χ2v) is 8.63. The molecule has 0 aromatic heterocycles. The second-order valence-electron chi connectivity index (χ2n) is 8.63. The van der Waals surface area contributed by atoms with Crippen LogP contribution < -0.4 is 5.32 Å². The van der Waals surface area contributed by atoms with Crippen molar-refractivity contribution in [3.63, 3.8) is 0 Å². The Morgan fingerprint density at radius 1 is 0.967 bits per heavy atom. The highest BCUT2D eigenvalue weighted by molar-refractivity contribution is 6.10. The molecule has 1 heterocycles. The van der Waals surface area contributed by atoms with Gasteiger partial charge in [-0.3, -0.25) is 19.3 Å². The van der Waals surface area contributed by atoms with Crippen LogP contribution in [0.5, 0.6) is 0 Å². The van der Waals surface area contributed by atoms with Crippen LogP contribution in [0.25, 0.3) is 0 Å². The van der Waals surface area contributed by atoms with Gasteiger partial charge in [0.2, 0.25) is 17.7 Å². The van der Waals surface area contributed by atoms with Gasteiger partial charge in [0.15, 0.2) is 0 Å². The van der Waals surface area contributed by atoms with Gasteiger partial charge in [-0.05, 0) is 60.9 Å². The van der Waals surface area contributed by atoms with E-state index in [-0.39, 0.29) is 41.9 Å². The number of amides is 3. The first-order valence-electron chi connectivity index (χ1n) is 10.5. The summed E-state index contributed by atoms with van der Waals surface area (Å²) in [7, 11) is 0. The van der Waals surface area contributed by atoms with E-state index in [2.05, 4.69) is 5.32 Å². The van der Waals surface area contributed by atoms with Crippen molar-refractivity contribution in [3.8, 4) is 0 Å². The molecule has 2 aromatic carbocycles. The third-order valence-electron chi connectivity index (χ3n) is 6.96. The minimum Gasteiger partial charge on any atom is -0.324 e. The van der Waals surface area contributed by atoms with Crippen molar-refractivity contribution in [2.45, 2.75) is 31.7 Å². The first-order chi connectivity index (χ1) is 14.5. The highest BCUT2D eigenvalue weighted by Crippen LogP contribution is 2.56. The van der Waals surface area contributed by atoms with Gasteiger partial charge in [0, 0.05) is 12.1 Å². The number of imide groups is 1. The zero-order chi connectivity index (χ0) is 20.8. The SMILES string of the molecule is O=C(Nc1ccc(F)cc1)[C@@H](Cc1ccccc1)N1C(=O)[C@@H]2[C@@H]3CC[C@H](C3)[C@@H]2C1=O. The Morgan fingerprint density at radius 3 is 2.17 bits per heavy atom. The molecule has 30 heavy (non-hydrogen) atoms. The van der Waals surface area contributed by atoms with Crippen LogP contribution >= 0.6 is 0 Å². The Morgan fingerprint density at radius 2 is 1.57 bits per heavy atom. The molecular weight excluding hydrogens is 383 g/mol. The van der Waals surface area contributed by atoms with Gasteiger partial charge in [-0.2, -0.15) is 0 Å². The number of carbonyl (C=O) groups is 3. The van der Waals surface area contributed by atoms with E-state index < -0.39 is 17.8 Å². The van der Waals surface area contributed by atoms with Crippen molar-refractivity contribution in [2.75, 3.05) is 5.32 Å². The minimum absolute atomic E-state index is 0.201. The lowest BCUT2D eigenvalue weighted by atomic mass is 9.81. The number of hydrogen-bond donors (Lipinski definition) is 1. The maximum atomic E-state index is 13.3. The van der Waals surface area contributed by atoms with E-state index in [1.165, 1.54) is 29.2 Å². The van der Waals surface area contributed by atoms with Gasteiger partial charge in [0.1, 0.15) is 11.9 Å². The molecule has 154 valence electrons. The van der Waals surface area contributed by atoms with Crippen LogP contribution in [0.4, 0.5) is 10.1 Å². The number of rotatable bonds is 5. The molecule has 0 radical (unpaired) electrons. The van der Waals surface area contributed by atoms with Gasteiger partial charge in [-0.1, -0.05) is 30.3 Å². The molecular formula is C24H23FN2O3. The summed E-state index contributed by atoms with van der Waals surface area (Å²) in [4.78, 5) is 41.0. The molecule has 2 bridgehead atoms. The second kappa shape index (κ2) is 7.35. The molecule has 3 amide bonds. The predicted octanol–water partition coefficient (Wildman–Crippen LogP) is 3.41. The van der Waals surface area contributed by atoms with E-state index in [0.29, 0.717) is 5.69 Å². The quantitative estimate of drug-likeness (QED) is 0.774. The van der Waals surface area contributed by atoms with Gasteiger partial charge in [-0.25, -0.2) is 4.39 Å². The van der Waals surface area contributed by atoms with Crippen LogP contribution in [0.1, 0.15) is 24.8 Å². The van der Waals surface area contributed by atoms with Crippen molar-refractivity contribution >= 4 is 23.4 Å². The highest BCUT2D eigenvalue weighted by atomic mass is 19.1. The summed E-state index contributed by atoms with van der Waals surface area (Å²) < 4.78 is 13.2. The van der Waals surface area contributed by atoms with Gasteiger partial charge in [-0.15, -0.1) is 0 Å². The lowest BCUT2D eigenvalue weighted by Crippen LogP contribution is -2.49. The number of halogens is 1. The van der Waals surface area contributed by atoms with E-state index in [0.717, 1.165) is 24.8 Å². The van der Waals surface area contributed by atoms with Crippen molar-refractivity contribution in [2.24, 2.45) is 23.7 Å². The van der Waals surface area contributed by atoms with E-state index in [1.807, 2.05) is 30.3 Å². The van der Waals surface area contributed by atoms with Gasteiger partial charge in [0.05, 0.1) is 11.8 Å². The summed E-state index contributed by atoms with van der Waals surface area (Å²) >= 11 is 0. The molecule has 1 N–H and O–H groups in total. The lowest BCUT2D eigenvalue weighted by molar-refractivity contribution is -0.147. The molecule has 3 aliphatic rings. The summed E-state index contributed by atoms with van der Waals surface area (Å²) in [5.41, 5.74) is 1.30. The average molecular weight is 406 g/mol. The largest absolute Gasteiger partial charge is 0.324 e. The monoisotopic (exact) mass is 406 g/mol. The van der Waals surface area contributed by atoms with Crippen LogP contribution in [0.3, 0.4) is 0 Å². The normalized spacial score (nSPS) is 28.0. The molecule has 3 fully saturated rings. The number of fused-ring (bicyclic) bond motifs is 5. The summed E-state index contributed by atoms with van der Waals surface area (Å²) in [5, 5.41) is 2.76.